The van der Waals surface area contributed by atoms with Crippen molar-refractivity contribution < 1.29 is 9.53 Å². The molecule has 0 radical (unpaired) electrons. The zero-order valence-corrected chi connectivity index (χ0v) is 13.0. The number of pyridine rings is 1. The van der Waals surface area contributed by atoms with Gasteiger partial charge < -0.3 is 10.5 Å². The van der Waals surface area contributed by atoms with Crippen molar-refractivity contribution in [2.75, 3.05) is 5.73 Å². The van der Waals surface area contributed by atoms with E-state index in [0.717, 1.165) is 26.7 Å². The second-order valence-electron chi connectivity index (χ2n) is 5.29. The molecule has 0 aliphatic heterocycles. The van der Waals surface area contributed by atoms with Crippen molar-refractivity contribution in [3.05, 3.63) is 34.7 Å². The second kappa shape index (κ2) is 5.00. The van der Waals surface area contributed by atoms with Crippen LogP contribution in [0.25, 0.3) is 21.1 Å². The van der Waals surface area contributed by atoms with Crippen LogP contribution in [-0.4, -0.2) is 17.1 Å². The Kier molecular flexibility index (Phi) is 3.29. The number of fused-ring (bicyclic) bond motifs is 2. The molecule has 4 nitrogen and oxygen atoms in total. The zero-order valence-electron chi connectivity index (χ0n) is 12.1. The molecule has 3 rings (SSSR count). The van der Waals surface area contributed by atoms with Crippen LogP contribution >= 0.6 is 11.3 Å². The van der Waals surface area contributed by atoms with Crippen LogP contribution in [0.5, 0.6) is 0 Å². The van der Waals surface area contributed by atoms with Gasteiger partial charge in [0, 0.05) is 10.8 Å². The Morgan fingerprint density at radius 2 is 2.14 bits per heavy atom. The molecule has 3 aromatic rings. The molecular formula is C16H16N2O2S. The van der Waals surface area contributed by atoms with Gasteiger partial charge in [0.2, 0.25) is 0 Å². The third-order valence-electron chi connectivity index (χ3n) is 3.27. The van der Waals surface area contributed by atoms with Gasteiger partial charge in [-0.15, -0.1) is 11.3 Å². The molecule has 0 amide bonds. The molecule has 0 saturated carbocycles. The minimum Gasteiger partial charge on any atom is -0.459 e. The quantitative estimate of drug-likeness (QED) is 0.729. The molecular weight excluding hydrogens is 284 g/mol. The lowest BCUT2D eigenvalue weighted by molar-refractivity contribution is 0.0385. The average Bonchev–Trinajstić information content (AvgIpc) is 2.74. The minimum atomic E-state index is -0.383. The molecule has 0 fully saturated rings. The highest BCUT2D eigenvalue weighted by molar-refractivity contribution is 7.21. The smallest absolute Gasteiger partial charge is 0.350 e. The lowest BCUT2D eigenvalue weighted by Crippen LogP contribution is -2.11. The predicted octanol–water partition coefficient (Wildman–Crippen LogP) is 3.91. The fourth-order valence-corrected chi connectivity index (χ4v) is 3.25. The van der Waals surface area contributed by atoms with Crippen LogP contribution in [0.4, 0.5) is 5.69 Å². The Hall–Kier alpha value is -2.14. The summed E-state index contributed by atoms with van der Waals surface area (Å²) in [5.74, 6) is -0.383. The number of hydrogen-bond donors (Lipinski definition) is 1. The van der Waals surface area contributed by atoms with E-state index in [4.69, 9.17) is 10.5 Å². The highest BCUT2D eigenvalue weighted by atomic mass is 32.1. The monoisotopic (exact) mass is 300 g/mol. The van der Waals surface area contributed by atoms with Crippen LogP contribution in [0.3, 0.4) is 0 Å². The van der Waals surface area contributed by atoms with Gasteiger partial charge in [-0.3, -0.25) is 0 Å². The van der Waals surface area contributed by atoms with Gasteiger partial charge in [-0.25, -0.2) is 9.78 Å². The number of hydrogen-bond acceptors (Lipinski definition) is 5. The number of ether oxygens (including phenoxy) is 1. The minimum absolute atomic E-state index is 0.170. The van der Waals surface area contributed by atoms with E-state index in [1.807, 2.05) is 45.0 Å². The van der Waals surface area contributed by atoms with Gasteiger partial charge >= 0.3 is 5.97 Å². The number of nitrogens with two attached hydrogens (primary N) is 1. The van der Waals surface area contributed by atoms with E-state index in [0.29, 0.717) is 10.6 Å². The third kappa shape index (κ3) is 2.34. The van der Waals surface area contributed by atoms with Gasteiger partial charge in [0.15, 0.2) is 0 Å². The number of benzene rings is 1. The van der Waals surface area contributed by atoms with Crippen molar-refractivity contribution in [1.82, 2.24) is 4.98 Å². The number of aromatic nitrogens is 1. The largest absolute Gasteiger partial charge is 0.459 e. The maximum atomic E-state index is 12.1. The number of nitrogen functional groups attached to an aromatic ring is 1. The summed E-state index contributed by atoms with van der Waals surface area (Å²) in [5.41, 5.74) is 8.61. The van der Waals surface area contributed by atoms with Crippen LogP contribution in [0.15, 0.2) is 24.3 Å². The fourth-order valence-electron chi connectivity index (χ4n) is 2.29. The molecule has 5 heteroatoms. The summed E-state index contributed by atoms with van der Waals surface area (Å²) in [6.45, 7) is 5.65. The molecule has 0 unspecified atom stereocenters. The lowest BCUT2D eigenvalue weighted by atomic mass is 10.1. The number of nitrogens with zero attached hydrogens (tertiary/aromatic N) is 1. The molecule has 0 bridgehead atoms. The topological polar surface area (TPSA) is 65.2 Å². The first-order chi connectivity index (χ1) is 9.97. The number of aryl methyl sites for hydroxylation is 1. The van der Waals surface area contributed by atoms with E-state index in [1.165, 1.54) is 11.3 Å². The second-order valence-corrected chi connectivity index (χ2v) is 6.29. The maximum absolute atomic E-state index is 12.1. The molecule has 0 spiro atoms. The van der Waals surface area contributed by atoms with Crippen molar-refractivity contribution in [1.29, 1.82) is 0 Å². The van der Waals surface area contributed by atoms with Crippen LogP contribution < -0.4 is 5.73 Å². The number of rotatable bonds is 2. The molecule has 1 aromatic carbocycles. The third-order valence-corrected chi connectivity index (χ3v) is 4.37. The number of thiophene rings is 1. The van der Waals surface area contributed by atoms with E-state index in [-0.39, 0.29) is 12.1 Å². The molecule has 0 aliphatic carbocycles. The number of carbonyl (C=O) groups excluding carboxylic acids is 1. The Balaban J connectivity index is 2.22. The van der Waals surface area contributed by atoms with E-state index >= 15 is 0 Å². The normalized spacial score (nSPS) is 11.4. The standard InChI is InChI=1S/C16H16N2O2S/c1-8(2)20-16(19)14-12(17)11-7-10-6-4-5-9(3)13(10)18-15(11)21-14/h4-8H,17H2,1-3H3. The summed E-state index contributed by atoms with van der Waals surface area (Å²) >= 11 is 1.29. The maximum Gasteiger partial charge on any atom is 0.350 e. The first kappa shape index (κ1) is 13.8. The highest BCUT2D eigenvalue weighted by Crippen LogP contribution is 2.35. The highest BCUT2D eigenvalue weighted by Gasteiger charge is 2.20. The van der Waals surface area contributed by atoms with E-state index in [1.54, 1.807) is 0 Å². The molecule has 2 aromatic heterocycles. The first-order valence-electron chi connectivity index (χ1n) is 6.76. The number of carbonyl (C=O) groups is 1. The number of anilines is 1. The predicted molar refractivity (Wildman–Crippen MR) is 86.8 cm³/mol. The van der Waals surface area contributed by atoms with E-state index in [2.05, 4.69) is 4.98 Å². The Bertz CT molecular complexity index is 852. The molecule has 0 aliphatic rings. The molecule has 0 saturated heterocycles. The van der Waals surface area contributed by atoms with E-state index < -0.39 is 0 Å². The molecule has 0 atom stereocenters. The lowest BCUT2D eigenvalue weighted by Gasteiger charge is -2.06. The average molecular weight is 300 g/mol. The molecule has 2 N–H and O–H groups in total. The number of esters is 1. The zero-order chi connectivity index (χ0) is 15.1. The molecule has 2 heterocycles. The van der Waals surface area contributed by atoms with Gasteiger partial charge in [-0.2, -0.15) is 0 Å². The summed E-state index contributed by atoms with van der Waals surface area (Å²) in [6.07, 6.45) is -0.170. The van der Waals surface area contributed by atoms with Crippen molar-refractivity contribution in [2.45, 2.75) is 26.9 Å². The van der Waals surface area contributed by atoms with E-state index in [9.17, 15) is 4.79 Å². The summed E-state index contributed by atoms with van der Waals surface area (Å²) < 4.78 is 5.23. The van der Waals surface area contributed by atoms with Gasteiger partial charge in [-0.1, -0.05) is 18.2 Å². The summed E-state index contributed by atoms with van der Waals surface area (Å²) in [6, 6.07) is 7.99. The Morgan fingerprint density at radius 3 is 2.86 bits per heavy atom. The summed E-state index contributed by atoms with van der Waals surface area (Å²) in [5, 5.41) is 1.84. The summed E-state index contributed by atoms with van der Waals surface area (Å²) in [7, 11) is 0. The Labute approximate surface area is 126 Å². The first-order valence-corrected chi connectivity index (χ1v) is 7.58. The van der Waals surface area contributed by atoms with Gasteiger partial charge in [0.1, 0.15) is 9.71 Å². The van der Waals surface area contributed by atoms with Crippen LogP contribution in [-0.2, 0) is 4.74 Å². The van der Waals surface area contributed by atoms with Gasteiger partial charge in [-0.05, 0) is 32.4 Å². The molecule has 108 valence electrons. The van der Waals surface area contributed by atoms with Crippen molar-refractivity contribution in [3.63, 3.8) is 0 Å². The van der Waals surface area contributed by atoms with Gasteiger partial charge in [0.05, 0.1) is 17.3 Å². The van der Waals surface area contributed by atoms with Crippen molar-refractivity contribution >= 4 is 44.1 Å². The van der Waals surface area contributed by atoms with Crippen molar-refractivity contribution in [2.24, 2.45) is 0 Å². The number of para-hydroxylation sites is 1. The Morgan fingerprint density at radius 1 is 1.38 bits per heavy atom. The van der Waals surface area contributed by atoms with Crippen LogP contribution in [0, 0.1) is 6.92 Å². The van der Waals surface area contributed by atoms with Crippen molar-refractivity contribution in [3.8, 4) is 0 Å². The SMILES string of the molecule is Cc1cccc2cc3c(N)c(C(=O)OC(C)C)sc3nc12. The van der Waals surface area contributed by atoms with Gasteiger partial charge in [0.25, 0.3) is 0 Å². The summed E-state index contributed by atoms with van der Waals surface area (Å²) in [4.78, 5) is 17.9. The van der Waals surface area contributed by atoms with Crippen LogP contribution in [0.2, 0.25) is 0 Å². The molecule has 21 heavy (non-hydrogen) atoms. The fraction of sp³-hybridized carbons (Fsp3) is 0.250. The van der Waals surface area contributed by atoms with Crippen LogP contribution in [0.1, 0.15) is 29.1 Å².